The van der Waals surface area contributed by atoms with E-state index in [1.807, 2.05) is 0 Å². The van der Waals surface area contributed by atoms with Crippen LogP contribution in [0.3, 0.4) is 0 Å². The Bertz CT molecular complexity index is 421. The number of carbonyl (C=O) groups excluding carboxylic acids is 2. The highest BCUT2D eigenvalue weighted by molar-refractivity contribution is 5.79. The van der Waals surface area contributed by atoms with Gasteiger partial charge in [-0.05, 0) is 13.8 Å². The van der Waals surface area contributed by atoms with Crippen molar-refractivity contribution in [3.63, 3.8) is 0 Å². The van der Waals surface area contributed by atoms with Crippen LogP contribution >= 0.6 is 0 Å². The summed E-state index contributed by atoms with van der Waals surface area (Å²) in [6.45, 7) is 9.53. The third-order valence-corrected chi connectivity index (χ3v) is 3.76. The predicted octanol–water partition coefficient (Wildman–Crippen LogP) is 1.30. The number of halogens is 1. The number of carbonyl (C=O) groups is 2. The molecular formula is C19H36FNO7. The van der Waals surface area contributed by atoms with Crippen LogP contribution in [0.1, 0.15) is 34.1 Å². The molecule has 1 amide bonds. The number of ketones is 1. The Balaban J connectivity index is 3.41. The van der Waals surface area contributed by atoms with E-state index in [0.717, 1.165) is 0 Å². The Labute approximate surface area is 167 Å². The van der Waals surface area contributed by atoms with Crippen LogP contribution in [0.15, 0.2) is 0 Å². The van der Waals surface area contributed by atoms with E-state index in [4.69, 9.17) is 23.7 Å². The van der Waals surface area contributed by atoms with E-state index >= 15 is 0 Å². The first kappa shape index (κ1) is 26.9. The van der Waals surface area contributed by atoms with Crippen molar-refractivity contribution in [2.45, 2.75) is 45.9 Å². The van der Waals surface area contributed by atoms with Gasteiger partial charge in [0, 0.05) is 13.3 Å². The first-order valence-corrected chi connectivity index (χ1v) is 9.64. The van der Waals surface area contributed by atoms with Crippen LogP contribution in [0.4, 0.5) is 4.39 Å². The topological polar surface area (TPSA) is 92.3 Å². The van der Waals surface area contributed by atoms with Crippen LogP contribution in [0, 0.1) is 0 Å². The zero-order valence-electron chi connectivity index (χ0n) is 17.6. The summed E-state index contributed by atoms with van der Waals surface area (Å²) >= 11 is 0. The SMILES string of the molecule is CCC(=O)COCCOCCOCCOCCOC(C)(C)C(F)CNC(C)=O. The van der Waals surface area contributed by atoms with Gasteiger partial charge in [0.05, 0.1) is 65.0 Å². The number of nitrogens with one attached hydrogen (secondary N) is 1. The second-order valence-electron chi connectivity index (χ2n) is 6.64. The van der Waals surface area contributed by atoms with Crippen molar-refractivity contribution in [3.05, 3.63) is 0 Å². The van der Waals surface area contributed by atoms with Gasteiger partial charge in [-0.2, -0.15) is 0 Å². The third kappa shape index (κ3) is 15.9. The van der Waals surface area contributed by atoms with Crippen molar-refractivity contribution in [3.8, 4) is 0 Å². The van der Waals surface area contributed by atoms with Crippen LogP contribution in [-0.4, -0.2) is 89.5 Å². The van der Waals surface area contributed by atoms with E-state index in [1.54, 1.807) is 20.8 Å². The molecule has 0 aromatic rings. The Kier molecular flexibility index (Phi) is 16.1. The Morgan fingerprint density at radius 2 is 1.36 bits per heavy atom. The van der Waals surface area contributed by atoms with E-state index in [0.29, 0.717) is 52.7 Å². The lowest BCUT2D eigenvalue weighted by Gasteiger charge is -2.29. The molecule has 8 nitrogen and oxygen atoms in total. The minimum atomic E-state index is -1.31. The quantitative estimate of drug-likeness (QED) is 0.322. The normalized spacial score (nSPS) is 12.8. The molecule has 9 heteroatoms. The largest absolute Gasteiger partial charge is 0.377 e. The number of Topliss-reactive ketones (excluding diaryl/α,β-unsaturated/α-hetero) is 1. The average Bonchev–Trinajstić information content (AvgIpc) is 2.65. The number of amides is 1. The molecule has 28 heavy (non-hydrogen) atoms. The molecule has 0 aromatic heterocycles. The molecule has 0 saturated heterocycles. The fourth-order valence-electron chi connectivity index (χ4n) is 1.88. The first-order chi connectivity index (χ1) is 13.3. The van der Waals surface area contributed by atoms with Crippen LogP contribution in [0.2, 0.25) is 0 Å². The van der Waals surface area contributed by atoms with Crippen LogP contribution in [0.5, 0.6) is 0 Å². The van der Waals surface area contributed by atoms with Gasteiger partial charge in [-0.15, -0.1) is 0 Å². The molecule has 0 bridgehead atoms. The molecule has 1 N–H and O–H groups in total. The Morgan fingerprint density at radius 3 is 1.82 bits per heavy atom. The van der Waals surface area contributed by atoms with Crippen LogP contribution in [-0.2, 0) is 33.3 Å². The summed E-state index contributed by atoms with van der Waals surface area (Å²) in [5.41, 5.74) is -1.01. The summed E-state index contributed by atoms with van der Waals surface area (Å²) in [6.07, 6.45) is -0.826. The number of hydrogen-bond donors (Lipinski definition) is 1. The smallest absolute Gasteiger partial charge is 0.216 e. The van der Waals surface area contributed by atoms with Crippen LogP contribution in [0.25, 0.3) is 0 Å². The van der Waals surface area contributed by atoms with Gasteiger partial charge in [0.25, 0.3) is 0 Å². The lowest BCUT2D eigenvalue weighted by atomic mass is 10.0. The summed E-state index contributed by atoms with van der Waals surface area (Å²) < 4.78 is 40.7. The van der Waals surface area contributed by atoms with Gasteiger partial charge in [0.15, 0.2) is 5.78 Å². The minimum absolute atomic E-state index is 0.0757. The molecule has 0 saturated carbocycles. The predicted molar refractivity (Wildman–Crippen MR) is 102 cm³/mol. The molecule has 1 unspecified atom stereocenters. The molecule has 0 spiro atoms. The number of ether oxygens (including phenoxy) is 5. The second-order valence-corrected chi connectivity index (χ2v) is 6.64. The molecule has 0 rings (SSSR count). The molecule has 0 radical (unpaired) electrons. The van der Waals surface area contributed by atoms with Gasteiger partial charge < -0.3 is 29.0 Å². The van der Waals surface area contributed by atoms with Gasteiger partial charge in [-0.25, -0.2) is 4.39 Å². The number of rotatable bonds is 19. The van der Waals surface area contributed by atoms with Crippen molar-refractivity contribution in [2.24, 2.45) is 0 Å². The summed E-state index contributed by atoms with van der Waals surface area (Å²) in [4.78, 5) is 21.8. The fraction of sp³-hybridized carbons (Fsp3) is 0.895. The van der Waals surface area contributed by atoms with Gasteiger partial charge in [0.1, 0.15) is 12.8 Å². The maximum atomic E-state index is 14.0. The number of alkyl halides is 1. The van der Waals surface area contributed by atoms with E-state index < -0.39 is 11.8 Å². The van der Waals surface area contributed by atoms with Gasteiger partial charge in [-0.3, -0.25) is 9.59 Å². The standard InChI is InChI=1S/C19H36FNO7/c1-5-17(23)15-27-11-10-25-7-6-24-8-9-26-12-13-28-19(3,4)18(20)14-21-16(2)22/h18H,5-15H2,1-4H3,(H,21,22). The molecule has 0 aliphatic heterocycles. The lowest BCUT2D eigenvalue weighted by Crippen LogP contribution is -2.44. The summed E-state index contributed by atoms with van der Waals surface area (Å²) in [5, 5.41) is 2.43. The van der Waals surface area contributed by atoms with Crippen molar-refractivity contribution in [1.82, 2.24) is 5.32 Å². The van der Waals surface area contributed by atoms with Crippen molar-refractivity contribution < 1.29 is 37.7 Å². The first-order valence-electron chi connectivity index (χ1n) is 9.64. The molecule has 0 aromatic carbocycles. The van der Waals surface area contributed by atoms with E-state index in [-0.39, 0.29) is 31.4 Å². The average molecular weight is 409 g/mol. The second kappa shape index (κ2) is 16.8. The molecule has 0 aliphatic rings. The van der Waals surface area contributed by atoms with E-state index in [9.17, 15) is 14.0 Å². The lowest BCUT2D eigenvalue weighted by molar-refractivity contribution is -0.124. The van der Waals surface area contributed by atoms with E-state index in [1.165, 1.54) is 6.92 Å². The maximum Gasteiger partial charge on any atom is 0.216 e. The van der Waals surface area contributed by atoms with Crippen molar-refractivity contribution >= 4 is 11.7 Å². The monoisotopic (exact) mass is 409 g/mol. The zero-order valence-corrected chi connectivity index (χ0v) is 17.6. The minimum Gasteiger partial charge on any atom is -0.377 e. The molecule has 166 valence electrons. The van der Waals surface area contributed by atoms with Crippen molar-refractivity contribution in [1.29, 1.82) is 0 Å². The molecule has 0 fully saturated rings. The Hall–Kier alpha value is -1.13. The maximum absolute atomic E-state index is 14.0. The van der Waals surface area contributed by atoms with Gasteiger partial charge in [0.2, 0.25) is 5.91 Å². The third-order valence-electron chi connectivity index (χ3n) is 3.76. The summed E-state index contributed by atoms with van der Waals surface area (Å²) in [6, 6.07) is 0. The Morgan fingerprint density at radius 1 is 0.893 bits per heavy atom. The molecule has 0 heterocycles. The summed E-state index contributed by atoms with van der Waals surface area (Å²) in [7, 11) is 0. The van der Waals surface area contributed by atoms with Gasteiger partial charge >= 0.3 is 0 Å². The highest BCUT2D eigenvalue weighted by Gasteiger charge is 2.30. The fourth-order valence-corrected chi connectivity index (χ4v) is 1.88. The zero-order chi connectivity index (χ0) is 21.3. The molecule has 1 atom stereocenters. The molecular weight excluding hydrogens is 373 g/mol. The van der Waals surface area contributed by atoms with E-state index in [2.05, 4.69) is 5.32 Å². The number of hydrogen-bond acceptors (Lipinski definition) is 7. The highest BCUT2D eigenvalue weighted by atomic mass is 19.1. The van der Waals surface area contributed by atoms with Gasteiger partial charge in [-0.1, -0.05) is 6.92 Å². The highest BCUT2D eigenvalue weighted by Crippen LogP contribution is 2.17. The summed E-state index contributed by atoms with van der Waals surface area (Å²) in [5.74, 6) is -0.198. The van der Waals surface area contributed by atoms with Crippen molar-refractivity contribution in [2.75, 3.05) is 66.0 Å². The molecule has 0 aliphatic carbocycles. The van der Waals surface area contributed by atoms with Crippen LogP contribution < -0.4 is 5.32 Å².